The van der Waals surface area contributed by atoms with E-state index in [-0.39, 0.29) is 5.57 Å². The van der Waals surface area contributed by atoms with E-state index in [1.54, 1.807) is 26.8 Å². The van der Waals surface area contributed by atoms with Crippen LogP contribution in [0.1, 0.15) is 34.6 Å². The van der Waals surface area contributed by atoms with Gasteiger partial charge in [-0.3, -0.25) is 9.59 Å². The lowest BCUT2D eigenvalue weighted by Crippen LogP contribution is -2.57. The maximum Gasteiger partial charge on any atom is 0.334 e. The number of aliphatic hydroxyl groups is 2. The average Bonchev–Trinajstić information content (AvgIpc) is 3.05. The van der Waals surface area contributed by atoms with Gasteiger partial charge >= 0.3 is 17.9 Å². The zero-order chi connectivity index (χ0) is 21.8. The summed E-state index contributed by atoms with van der Waals surface area (Å²) in [6.45, 7) is 11.5. The molecule has 8 atom stereocenters. The van der Waals surface area contributed by atoms with Crippen LogP contribution in [0.2, 0.25) is 0 Å². The first kappa shape index (κ1) is 21.5. The van der Waals surface area contributed by atoms with Gasteiger partial charge in [-0.1, -0.05) is 26.0 Å². The largest absolute Gasteiger partial charge is 0.458 e. The Hall–Kier alpha value is -2.19. The molecule has 0 aromatic carbocycles. The molecule has 29 heavy (non-hydrogen) atoms. The fraction of sp³-hybridized carbons (Fsp3) is 0.667. The lowest BCUT2D eigenvalue weighted by atomic mass is 9.74. The van der Waals surface area contributed by atoms with Gasteiger partial charge in [-0.25, -0.2) is 4.79 Å². The Bertz CT molecular complexity index is 780. The third-order valence-corrected chi connectivity index (χ3v) is 6.25. The SMILES string of the molecule is C=C1C(=O)O[C@@H]2[C@@H]1[C@H](O)[C@H](OC(=O)C(C)C)[C@](C)(O)[C@@H]1[C@H]2C(C)=C[C@@H]1OC(C)=O. The van der Waals surface area contributed by atoms with Gasteiger partial charge < -0.3 is 24.4 Å². The van der Waals surface area contributed by atoms with Crippen LogP contribution in [0.15, 0.2) is 23.8 Å². The highest BCUT2D eigenvalue weighted by Gasteiger charge is 2.65. The number of hydrogen-bond acceptors (Lipinski definition) is 8. The van der Waals surface area contributed by atoms with E-state index < -0.39 is 71.6 Å². The van der Waals surface area contributed by atoms with E-state index in [4.69, 9.17) is 14.2 Å². The van der Waals surface area contributed by atoms with Gasteiger partial charge in [0.05, 0.1) is 11.8 Å². The summed E-state index contributed by atoms with van der Waals surface area (Å²) in [5, 5.41) is 22.7. The number of hydrogen-bond donors (Lipinski definition) is 2. The van der Waals surface area contributed by atoms with E-state index in [0.717, 1.165) is 5.57 Å². The Labute approximate surface area is 169 Å². The van der Waals surface area contributed by atoms with Crippen molar-refractivity contribution in [2.75, 3.05) is 0 Å². The van der Waals surface area contributed by atoms with Crippen molar-refractivity contribution in [2.24, 2.45) is 23.7 Å². The van der Waals surface area contributed by atoms with Gasteiger partial charge in [0.15, 0.2) is 6.10 Å². The predicted octanol–water partition coefficient (Wildman–Crippen LogP) is 0.901. The molecule has 0 amide bonds. The summed E-state index contributed by atoms with van der Waals surface area (Å²) >= 11 is 0. The molecule has 0 bridgehead atoms. The van der Waals surface area contributed by atoms with Crippen LogP contribution in [-0.2, 0) is 28.6 Å². The molecule has 8 heteroatoms. The molecule has 0 radical (unpaired) electrons. The van der Waals surface area contributed by atoms with Crippen molar-refractivity contribution in [3.63, 3.8) is 0 Å². The summed E-state index contributed by atoms with van der Waals surface area (Å²) in [5.41, 5.74) is -0.963. The molecule has 1 saturated carbocycles. The summed E-state index contributed by atoms with van der Waals surface area (Å²) in [6, 6.07) is 0. The molecule has 8 nitrogen and oxygen atoms in total. The molecule has 1 heterocycles. The monoisotopic (exact) mass is 408 g/mol. The molecule has 2 fully saturated rings. The number of fused-ring (bicyclic) bond motifs is 3. The Balaban J connectivity index is 2.13. The molecular formula is C21H28O8. The molecule has 0 spiro atoms. The van der Waals surface area contributed by atoms with Crippen LogP contribution >= 0.6 is 0 Å². The number of ether oxygens (including phenoxy) is 3. The number of rotatable bonds is 3. The maximum atomic E-state index is 12.3. The fourth-order valence-electron chi connectivity index (χ4n) is 4.90. The van der Waals surface area contributed by atoms with Crippen LogP contribution in [0.3, 0.4) is 0 Å². The van der Waals surface area contributed by atoms with Gasteiger partial charge in [0.25, 0.3) is 0 Å². The lowest BCUT2D eigenvalue weighted by Gasteiger charge is -2.41. The van der Waals surface area contributed by atoms with E-state index in [1.807, 2.05) is 0 Å². The molecule has 0 aromatic heterocycles. The van der Waals surface area contributed by atoms with Gasteiger partial charge in [-0.15, -0.1) is 0 Å². The number of esters is 3. The molecule has 3 rings (SSSR count). The van der Waals surface area contributed by atoms with Gasteiger partial charge in [0, 0.05) is 24.3 Å². The number of aliphatic hydroxyl groups excluding tert-OH is 1. The molecule has 0 unspecified atom stereocenters. The van der Waals surface area contributed by atoms with Crippen LogP contribution in [0.5, 0.6) is 0 Å². The van der Waals surface area contributed by atoms with E-state index >= 15 is 0 Å². The number of carbonyl (C=O) groups is 3. The second kappa shape index (κ2) is 7.25. The molecule has 2 aliphatic carbocycles. The molecule has 1 saturated heterocycles. The fourth-order valence-corrected chi connectivity index (χ4v) is 4.90. The summed E-state index contributed by atoms with van der Waals surface area (Å²) < 4.78 is 16.5. The standard InChI is InChI=1S/C21H28O8/c1-8(2)19(24)29-18-16(23)14-10(4)20(25)28-17(14)13-9(3)7-12(27-11(5)22)15(13)21(18,6)26/h7-8,12-18,23,26H,4H2,1-3,5-6H3/t12-,13+,14-,15-,16-,17-,18-,21+/m0/s1. The average molecular weight is 408 g/mol. The van der Waals surface area contributed by atoms with E-state index in [9.17, 15) is 24.6 Å². The second-order valence-corrected chi connectivity index (χ2v) is 8.69. The lowest BCUT2D eigenvalue weighted by molar-refractivity contribution is -0.199. The van der Waals surface area contributed by atoms with Crippen LogP contribution < -0.4 is 0 Å². The van der Waals surface area contributed by atoms with Gasteiger partial charge in [-0.05, 0) is 19.9 Å². The first-order chi connectivity index (χ1) is 13.4. The molecular weight excluding hydrogens is 380 g/mol. The third-order valence-electron chi connectivity index (χ3n) is 6.25. The highest BCUT2D eigenvalue weighted by atomic mass is 16.6. The van der Waals surface area contributed by atoms with Crippen molar-refractivity contribution in [1.82, 2.24) is 0 Å². The minimum Gasteiger partial charge on any atom is -0.458 e. The molecule has 3 aliphatic rings. The third kappa shape index (κ3) is 3.38. The first-order valence-electron chi connectivity index (χ1n) is 9.74. The van der Waals surface area contributed by atoms with Gasteiger partial charge in [-0.2, -0.15) is 0 Å². The van der Waals surface area contributed by atoms with Gasteiger partial charge in [0.2, 0.25) is 0 Å². The van der Waals surface area contributed by atoms with Crippen molar-refractivity contribution in [3.05, 3.63) is 23.8 Å². The summed E-state index contributed by atoms with van der Waals surface area (Å²) in [6.07, 6.45) is -2.74. The molecule has 160 valence electrons. The molecule has 2 N–H and O–H groups in total. The smallest absolute Gasteiger partial charge is 0.334 e. The molecule has 1 aliphatic heterocycles. The van der Waals surface area contributed by atoms with Crippen LogP contribution in [0, 0.1) is 23.7 Å². The van der Waals surface area contributed by atoms with Crippen LogP contribution in [0.25, 0.3) is 0 Å². The Morgan fingerprint density at radius 3 is 2.45 bits per heavy atom. The van der Waals surface area contributed by atoms with Crippen molar-refractivity contribution in [3.8, 4) is 0 Å². The highest BCUT2D eigenvalue weighted by Crippen LogP contribution is 2.53. The minimum atomic E-state index is -1.78. The molecule has 0 aromatic rings. The Morgan fingerprint density at radius 2 is 1.90 bits per heavy atom. The first-order valence-corrected chi connectivity index (χ1v) is 9.74. The van der Waals surface area contributed by atoms with E-state index in [0.29, 0.717) is 0 Å². The predicted molar refractivity (Wildman–Crippen MR) is 100 cm³/mol. The van der Waals surface area contributed by atoms with E-state index in [1.165, 1.54) is 13.8 Å². The van der Waals surface area contributed by atoms with Crippen LogP contribution in [-0.4, -0.2) is 58.1 Å². The quantitative estimate of drug-likeness (QED) is 0.306. The van der Waals surface area contributed by atoms with Gasteiger partial charge in [0.1, 0.15) is 23.9 Å². The minimum absolute atomic E-state index is 0.0632. The normalized spacial score (nSPS) is 41.2. The Kier molecular flexibility index (Phi) is 5.38. The maximum absolute atomic E-state index is 12.3. The second-order valence-electron chi connectivity index (χ2n) is 8.69. The van der Waals surface area contributed by atoms with Crippen molar-refractivity contribution < 1.29 is 38.8 Å². The zero-order valence-electron chi connectivity index (χ0n) is 17.2. The Morgan fingerprint density at radius 1 is 1.28 bits per heavy atom. The van der Waals surface area contributed by atoms with Crippen molar-refractivity contribution >= 4 is 17.9 Å². The topological polar surface area (TPSA) is 119 Å². The summed E-state index contributed by atoms with van der Waals surface area (Å²) in [7, 11) is 0. The summed E-state index contributed by atoms with van der Waals surface area (Å²) in [4.78, 5) is 36.2. The van der Waals surface area contributed by atoms with Crippen molar-refractivity contribution in [2.45, 2.75) is 64.6 Å². The summed E-state index contributed by atoms with van der Waals surface area (Å²) in [5.74, 6) is -4.48. The zero-order valence-corrected chi connectivity index (χ0v) is 17.2. The highest BCUT2D eigenvalue weighted by molar-refractivity contribution is 5.91. The van der Waals surface area contributed by atoms with E-state index in [2.05, 4.69) is 6.58 Å². The number of carbonyl (C=O) groups excluding carboxylic acids is 3. The van der Waals surface area contributed by atoms with Crippen LogP contribution in [0.4, 0.5) is 0 Å². The van der Waals surface area contributed by atoms with Crippen molar-refractivity contribution in [1.29, 1.82) is 0 Å².